The standard InChI is InChI=1S/C20H29N5O2/c1-15(2)22-23-19-11-12-20(25-24-19)27-14-18(26)13-21-16(3)9-10-17-7-5-4-6-8-17/h4-8,11-12,15-16,18,21,26H,9-10,13-14H2,1-3H3. The Kier molecular flexibility index (Phi) is 8.80. The summed E-state index contributed by atoms with van der Waals surface area (Å²) in [6.45, 7) is 6.61. The van der Waals surface area contributed by atoms with E-state index in [4.69, 9.17) is 4.74 Å². The van der Waals surface area contributed by atoms with E-state index in [1.807, 2.05) is 19.9 Å². The average Bonchev–Trinajstić information content (AvgIpc) is 2.69. The summed E-state index contributed by atoms with van der Waals surface area (Å²) < 4.78 is 5.47. The Bertz CT molecular complexity index is 677. The SMILES string of the molecule is CC(C)N=Nc1ccc(OCC(O)CNC(C)CCc2ccccc2)nn1. The minimum atomic E-state index is -0.619. The van der Waals surface area contributed by atoms with Crippen LogP contribution in [0.15, 0.2) is 52.7 Å². The third kappa shape index (κ3) is 8.70. The second kappa shape index (κ2) is 11.4. The van der Waals surface area contributed by atoms with Gasteiger partial charge in [-0.3, -0.25) is 0 Å². The largest absolute Gasteiger partial charge is 0.474 e. The predicted molar refractivity (Wildman–Crippen MR) is 105 cm³/mol. The molecule has 2 aromatic rings. The molecular weight excluding hydrogens is 342 g/mol. The molecule has 2 unspecified atom stereocenters. The van der Waals surface area contributed by atoms with Gasteiger partial charge in [0.2, 0.25) is 5.88 Å². The van der Waals surface area contributed by atoms with Gasteiger partial charge in [-0.15, -0.1) is 15.3 Å². The number of benzene rings is 1. The topological polar surface area (TPSA) is 92.0 Å². The van der Waals surface area contributed by atoms with Gasteiger partial charge < -0.3 is 15.2 Å². The highest BCUT2D eigenvalue weighted by molar-refractivity contribution is 5.26. The lowest BCUT2D eigenvalue weighted by Gasteiger charge is -2.17. The van der Waals surface area contributed by atoms with Gasteiger partial charge in [0.25, 0.3) is 0 Å². The fourth-order valence-corrected chi connectivity index (χ4v) is 2.33. The molecular formula is C20H29N5O2. The van der Waals surface area contributed by atoms with Crippen LogP contribution in [0.3, 0.4) is 0 Å². The minimum absolute atomic E-state index is 0.112. The van der Waals surface area contributed by atoms with E-state index in [2.05, 4.69) is 56.9 Å². The zero-order valence-electron chi connectivity index (χ0n) is 16.2. The number of aryl methyl sites for hydroxylation is 1. The molecule has 0 radical (unpaired) electrons. The highest BCUT2D eigenvalue weighted by Gasteiger charge is 2.09. The van der Waals surface area contributed by atoms with Crippen molar-refractivity contribution in [2.45, 2.75) is 51.8 Å². The van der Waals surface area contributed by atoms with Gasteiger partial charge in [0.1, 0.15) is 12.7 Å². The molecule has 0 bridgehead atoms. The first-order valence-electron chi connectivity index (χ1n) is 9.35. The Labute approximate surface area is 160 Å². The van der Waals surface area contributed by atoms with Crippen LogP contribution in [0.4, 0.5) is 5.82 Å². The molecule has 7 nitrogen and oxygen atoms in total. The zero-order chi connectivity index (χ0) is 19.5. The number of hydrogen-bond acceptors (Lipinski definition) is 7. The van der Waals surface area contributed by atoms with Gasteiger partial charge in [-0.2, -0.15) is 5.11 Å². The number of nitrogens with zero attached hydrogens (tertiary/aromatic N) is 4. The van der Waals surface area contributed by atoms with Crippen LogP contribution in [0.25, 0.3) is 0 Å². The van der Waals surface area contributed by atoms with Crippen molar-refractivity contribution in [3.05, 3.63) is 48.0 Å². The maximum atomic E-state index is 10.1. The third-order valence-corrected chi connectivity index (χ3v) is 3.85. The molecule has 7 heteroatoms. The highest BCUT2D eigenvalue weighted by atomic mass is 16.5. The lowest BCUT2D eigenvalue weighted by atomic mass is 10.1. The first-order chi connectivity index (χ1) is 13.0. The van der Waals surface area contributed by atoms with Crippen molar-refractivity contribution >= 4 is 5.82 Å². The van der Waals surface area contributed by atoms with Crippen molar-refractivity contribution in [1.82, 2.24) is 15.5 Å². The summed E-state index contributed by atoms with van der Waals surface area (Å²) >= 11 is 0. The highest BCUT2D eigenvalue weighted by Crippen LogP contribution is 2.12. The predicted octanol–water partition coefficient (Wildman–Crippen LogP) is 3.32. The maximum absolute atomic E-state index is 10.1. The number of aromatic nitrogens is 2. The summed E-state index contributed by atoms with van der Waals surface area (Å²) in [4.78, 5) is 0. The van der Waals surface area contributed by atoms with Crippen molar-refractivity contribution in [2.75, 3.05) is 13.2 Å². The van der Waals surface area contributed by atoms with Gasteiger partial charge >= 0.3 is 0 Å². The summed E-state index contributed by atoms with van der Waals surface area (Å²) in [5.74, 6) is 0.792. The van der Waals surface area contributed by atoms with E-state index in [0.717, 1.165) is 12.8 Å². The molecule has 0 aliphatic carbocycles. The summed E-state index contributed by atoms with van der Waals surface area (Å²) in [6, 6.07) is 14.2. The van der Waals surface area contributed by atoms with Crippen molar-refractivity contribution in [2.24, 2.45) is 10.2 Å². The Hall–Kier alpha value is -2.38. The first kappa shape index (κ1) is 20.9. The second-order valence-corrected chi connectivity index (χ2v) is 6.84. The van der Waals surface area contributed by atoms with Crippen LogP contribution in [0.1, 0.15) is 32.8 Å². The van der Waals surface area contributed by atoms with E-state index >= 15 is 0 Å². The summed E-state index contributed by atoms with van der Waals surface area (Å²) in [5, 5.41) is 29.2. The Morgan fingerprint density at radius 1 is 1.07 bits per heavy atom. The molecule has 2 N–H and O–H groups in total. The molecule has 0 saturated heterocycles. The summed E-state index contributed by atoms with van der Waals surface area (Å²) in [5.41, 5.74) is 1.32. The van der Waals surface area contributed by atoms with Crippen LogP contribution in [-0.2, 0) is 6.42 Å². The van der Waals surface area contributed by atoms with Crippen LogP contribution in [0, 0.1) is 0 Å². The maximum Gasteiger partial charge on any atom is 0.233 e. The van der Waals surface area contributed by atoms with Crippen LogP contribution >= 0.6 is 0 Å². The molecule has 0 spiro atoms. The Morgan fingerprint density at radius 2 is 1.85 bits per heavy atom. The number of nitrogens with one attached hydrogen (secondary N) is 1. The number of azo groups is 1. The molecule has 2 atom stereocenters. The van der Waals surface area contributed by atoms with Gasteiger partial charge in [0.15, 0.2) is 5.82 Å². The van der Waals surface area contributed by atoms with Gasteiger partial charge in [-0.1, -0.05) is 30.3 Å². The molecule has 0 aliphatic heterocycles. The first-order valence-corrected chi connectivity index (χ1v) is 9.35. The van der Waals surface area contributed by atoms with E-state index < -0.39 is 6.10 Å². The molecule has 0 amide bonds. The van der Waals surface area contributed by atoms with Crippen molar-refractivity contribution in [3.8, 4) is 5.88 Å². The van der Waals surface area contributed by atoms with E-state index in [0.29, 0.717) is 24.3 Å². The quantitative estimate of drug-likeness (QED) is 0.591. The smallest absolute Gasteiger partial charge is 0.233 e. The number of aliphatic hydroxyl groups is 1. The molecule has 0 saturated carbocycles. The summed E-state index contributed by atoms with van der Waals surface area (Å²) in [6.07, 6.45) is 1.40. The molecule has 1 aromatic heterocycles. The molecule has 1 aromatic carbocycles. The minimum Gasteiger partial charge on any atom is -0.474 e. The zero-order valence-corrected chi connectivity index (χ0v) is 16.2. The van der Waals surface area contributed by atoms with E-state index in [1.165, 1.54) is 5.56 Å². The van der Waals surface area contributed by atoms with Crippen LogP contribution in [0.2, 0.25) is 0 Å². The van der Waals surface area contributed by atoms with Gasteiger partial charge in [-0.25, -0.2) is 0 Å². The molecule has 0 fully saturated rings. The average molecular weight is 371 g/mol. The molecule has 2 rings (SSSR count). The fourth-order valence-electron chi connectivity index (χ4n) is 2.33. The van der Waals surface area contributed by atoms with E-state index in [1.54, 1.807) is 12.1 Å². The fraction of sp³-hybridized carbons (Fsp3) is 0.500. The third-order valence-electron chi connectivity index (χ3n) is 3.85. The normalized spacial score (nSPS) is 13.8. The number of ether oxygens (including phenoxy) is 1. The molecule has 146 valence electrons. The lowest BCUT2D eigenvalue weighted by Crippen LogP contribution is -2.36. The monoisotopic (exact) mass is 371 g/mol. The van der Waals surface area contributed by atoms with Gasteiger partial charge in [0.05, 0.1) is 6.04 Å². The van der Waals surface area contributed by atoms with Crippen LogP contribution in [-0.4, -0.2) is 46.6 Å². The Balaban J connectivity index is 1.64. The van der Waals surface area contributed by atoms with Gasteiger partial charge in [0, 0.05) is 18.7 Å². The Morgan fingerprint density at radius 3 is 2.52 bits per heavy atom. The van der Waals surface area contributed by atoms with Crippen LogP contribution < -0.4 is 10.1 Å². The van der Waals surface area contributed by atoms with E-state index in [9.17, 15) is 5.11 Å². The van der Waals surface area contributed by atoms with Crippen molar-refractivity contribution in [1.29, 1.82) is 0 Å². The molecule has 27 heavy (non-hydrogen) atoms. The number of hydrogen-bond donors (Lipinski definition) is 2. The van der Waals surface area contributed by atoms with E-state index in [-0.39, 0.29) is 12.6 Å². The molecule has 1 heterocycles. The lowest BCUT2D eigenvalue weighted by molar-refractivity contribution is 0.101. The number of aliphatic hydroxyl groups excluding tert-OH is 1. The van der Waals surface area contributed by atoms with Crippen molar-refractivity contribution < 1.29 is 9.84 Å². The second-order valence-electron chi connectivity index (χ2n) is 6.84. The number of rotatable bonds is 11. The van der Waals surface area contributed by atoms with Crippen LogP contribution in [0.5, 0.6) is 5.88 Å². The molecule has 0 aliphatic rings. The van der Waals surface area contributed by atoms with Gasteiger partial charge in [-0.05, 0) is 45.2 Å². The van der Waals surface area contributed by atoms with Crippen molar-refractivity contribution in [3.63, 3.8) is 0 Å². The summed E-state index contributed by atoms with van der Waals surface area (Å²) in [7, 11) is 0.